The topological polar surface area (TPSA) is 24.9 Å². The maximum absolute atomic E-state index is 13.5. The SMILES string of the molecule is CCCNC(C)c1cc(F)ccc1Sc1nc(C)cs1. The predicted octanol–water partition coefficient (Wildman–Crippen LogP) is 4.80. The number of aromatic nitrogens is 1. The largest absolute Gasteiger partial charge is 0.310 e. The number of hydrogen-bond acceptors (Lipinski definition) is 4. The second-order valence-corrected chi connectivity index (χ2v) is 6.86. The zero-order chi connectivity index (χ0) is 14.5. The van der Waals surface area contributed by atoms with Gasteiger partial charge in [-0.2, -0.15) is 0 Å². The standard InChI is InChI=1S/C15H19FN2S2/c1-4-7-17-11(3)13-8-12(16)5-6-14(13)20-15-18-10(2)9-19-15/h5-6,8-9,11,17H,4,7H2,1-3H3. The molecule has 1 N–H and O–H groups in total. The maximum Gasteiger partial charge on any atom is 0.154 e. The van der Waals surface area contributed by atoms with Gasteiger partial charge in [0.25, 0.3) is 0 Å². The highest BCUT2D eigenvalue weighted by Gasteiger charge is 2.13. The quantitative estimate of drug-likeness (QED) is 0.829. The van der Waals surface area contributed by atoms with Gasteiger partial charge < -0.3 is 5.32 Å². The first-order valence-electron chi connectivity index (χ1n) is 6.73. The van der Waals surface area contributed by atoms with E-state index in [1.54, 1.807) is 29.2 Å². The molecule has 5 heteroatoms. The summed E-state index contributed by atoms with van der Waals surface area (Å²) < 4.78 is 14.5. The monoisotopic (exact) mass is 310 g/mol. The van der Waals surface area contributed by atoms with Crippen LogP contribution in [0.15, 0.2) is 32.8 Å². The second-order valence-electron chi connectivity index (χ2n) is 4.71. The summed E-state index contributed by atoms with van der Waals surface area (Å²) in [6, 6.07) is 5.11. The minimum atomic E-state index is -0.190. The lowest BCUT2D eigenvalue weighted by molar-refractivity contribution is 0.554. The molecule has 1 aromatic heterocycles. The fourth-order valence-corrected chi connectivity index (χ4v) is 3.89. The van der Waals surface area contributed by atoms with E-state index in [0.717, 1.165) is 33.5 Å². The van der Waals surface area contributed by atoms with Crippen LogP contribution in [0.1, 0.15) is 37.6 Å². The van der Waals surface area contributed by atoms with E-state index in [1.807, 2.05) is 18.4 Å². The minimum Gasteiger partial charge on any atom is -0.310 e. The summed E-state index contributed by atoms with van der Waals surface area (Å²) in [5.41, 5.74) is 2.02. The van der Waals surface area contributed by atoms with Crippen LogP contribution in [-0.4, -0.2) is 11.5 Å². The number of nitrogens with one attached hydrogen (secondary N) is 1. The molecule has 20 heavy (non-hydrogen) atoms. The maximum atomic E-state index is 13.5. The summed E-state index contributed by atoms with van der Waals surface area (Å²) in [5, 5.41) is 5.44. The molecule has 0 aliphatic rings. The molecule has 0 aliphatic heterocycles. The van der Waals surface area contributed by atoms with Gasteiger partial charge in [-0.3, -0.25) is 0 Å². The Balaban J connectivity index is 2.23. The highest BCUT2D eigenvalue weighted by molar-refractivity contribution is 8.01. The molecule has 1 aromatic carbocycles. The van der Waals surface area contributed by atoms with Gasteiger partial charge in [-0.15, -0.1) is 11.3 Å². The van der Waals surface area contributed by atoms with Gasteiger partial charge in [0.2, 0.25) is 0 Å². The Morgan fingerprint density at radius 3 is 2.90 bits per heavy atom. The summed E-state index contributed by atoms with van der Waals surface area (Å²) in [4.78, 5) is 5.52. The summed E-state index contributed by atoms with van der Waals surface area (Å²) in [6.45, 7) is 7.11. The van der Waals surface area contributed by atoms with Crippen LogP contribution < -0.4 is 5.32 Å². The molecule has 0 saturated heterocycles. The van der Waals surface area contributed by atoms with Crippen LogP contribution in [0, 0.1) is 12.7 Å². The van der Waals surface area contributed by atoms with Crippen molar-refractivity contribution >= 4 is 23.1 Å². The van der Waals surface area contributed by atoms with Crippen molar-refractivity contribution in [1.29, 1.82) is 0 Å². The molecule has 0 radical (unpaired) electrons. The van der Waals surface area contributed by atoms with Crippen LogP contribution in [0.2, 0.25) is 0 Å². The highest BCUT2D eigenvalue weighted by atomic mass is 32.2. The summed E-state index contributed by atoms with van der Waals surface area (Å²) >= 11 is 3.23. The highest BCUT2D eigenvalue weighted by Crippen LogP contribution is 2.35. The molecule has 0 spiro atoms. The summed E-state index contributed by atoms with van der Waals surface area (Å²) in [6.07, 6.45) is 1.06. The molecule has 0 saturated carbocycles. The molecule has 0 fully saturated rings. The molecule has 1 unspecified atom stereocenters. The van der Waals surface area contributed by atoms with Crippen LogP contribution in [0.25, 0.3) is 0 Å². The Bertz CT molecular complexity index is 569. The molecule has 0 aliphatic carbocycles. The molecule has 2 rings (SSSR count). The fraction of sp³-hybridized carbons (Fsp3) is 0.400. The zero-order valence-corrected chi connectivity index (χ0v) is 13.6. The van der Waals surface area contributed by atoms with Gasteiger partial charge in [-0.1, -0.05) is 18.7 Å². The van der Waals surface area contributed by atoms with Crippen molar-refractivity contribution in [1.82, 2.24) is 10.3 Å². The smallest absolute Gasteiger partial charge is 0.154 e. The van der Waals surface area contributed by atoms with Crippen LogP contribution in [0.3, 0.4) is 0 Å². The molecular weight excluding hydrogens is 291 g/mol. The fourth-order valence-electron chi connectivity index (χ4n) is 1.89. The molecular formula is C15H19FN2S2. The molecule has 108 valence electrons. The number of nitrogens with zero attached hydrogens (tertiary/aromatic N) is 1. The zero-order valence-electron chi connectivity index (χ0n) is 11.9. The van der Waals surface area contributed by atoms with E-state index in [1.165, 1.54) is 6.07 Å². The van der Waals surface area contributed by atoms with Crippen LogP contribution >= 0.6 is 23.1 Å². The van der Waals surface area contributed by atoms with Crippen molar-refractivity contribution < 1.29 is 4.39 Å². The molecule has 0 amide bonds. The van der Waals surface area contributed by atoms with Crippen molar-refractivity contribution in [3.05, 3.63) is 40.7 Å². The third-order valence-electron chi connectivity index (χ3n) is 2.93. The average molecular weight is 310 g/mol. The average Bonchev–Trinajstić information content (AvgIpc) is 2.83. The van der Waals surface area contributed by atoms with Gasteiger partial charge in [-0.25, -0.2) is 9.37 Å². The van der Waals surface area contributed by atoms with E-state index in [0.29, 0.717) is 0 Å². The molecule has 2 aromatic rings. The number of benzene rings is 1. The molecule has 1 atom stereocenters. The first-order valence-corrected chi connectivity index (χ1v) is 8.42. The summed E-state index contributed by atoms with van der Waals surface area (Å²) in [7, 11) is 0. The Hall–Kier alpha value is -0.910. The lowest BCUT2D eigenvalue weighted by Crippen LogP contribution is -2.20. The second kappa shape index (κ2) is 7.20. The van der Waals surface area contributed by atoms with Crippen molar-refractivity contribution in [3.8, 4) is 0 Å². The molecule has 0 bridgehead atoms. The van der Waals surface area contributed by atoms with Gasteiger partial charge in [0.15, 0.2) is 4.34 Å². The third kappa shape index (κ3) is 4.04. The van der Waals surface area contributed by atoms with E-state index < -0.39 is 0 Å². The van der Waals surface area contributed by atoms with E-state index in [9.17, 15) is 4.39 Å². The Kier molecular flexibility index (Phi) is 5.57. The van der Waals surface area contributed by atoms with Crippen molar-refractivity contribution in [3.63, 3.8) is 0 Å². The van der Waals surface area contributed by atoms with Gasteiger partial charge in [0.05, 0.1) is 0 Å². The predicted molar refractivity (Wildman–Crippen MR) is 84.1 cm³/mol. The van der Waals surface area contributed by atoms with E-state index in [-0.39, 0.29) is 11.9 Å². The van der Waals surface area contributed by atoms with Gasteiger partial charge in [0.1, 0.15) is 5.82 Å². The van der Waals surface area contributed by atoms with E-state index in [4.69, 9.17) is 0 Å². The normalized spacial score (nSPS) is 12.6. The number of halogens is 1. The first kappa shape index (κ1) is 15.5. The van der Waals surface area contributed by atoms with Gasteiger partial charge in [0, 0.05) is 22.0 Å². The molecule has 2 nitrogen and oxygen atoms in total. The van der Waals surface area contributed by atoms with Crippen LogP contribution in [0.5, 0.6) is 0 Å². The van der Waals surface area contributed by atoms with Gasteiger partial charge in [-0.05, 0) is 50.6 Å². The van der Waals surface area contributed by atoms with E-state index >= 15 is 0 Å². The number of rotatable bonds is 6. The van der Waals surface area contributed by atoms with Crippen LogP contribution in [0.4, 0.5) is 4.39 Å². The number of hydrogen-bond donors (Lipinski definition) is 1. The van der Waals surface area contributed by atoms with Crippen molar-refractivity contribution in [2.45, 2.75) is 42.5 Å². The van der Waals surface area contributed by atoms with Gasteiger partial charge >= 0.3 is 0 Å². The lowest BCUT2D eigenvalue weighted by atomic mass is 10.1. The Morgan fingerprint density at radius 2 is 2.25 bits per heavy atom. The van der Waals surface area contributed by atoms with Crippen molar-refractivity contribution in [2.75, 3.05) is 6.54 Å². The Morgan fingerprint density at radius 1 is 1.45 bits per heavy atom. The van der Waals surface area contributed by atoms with Crippen molar-refractivity contribution in [2.24, 2.45) is 0 Å². The number of aryl methyl sites for hydroxylation is 1. The number of thiazole rings is 1. The van der Waals surface area contributed by atoms with E-state index in [2.05, 4.69) is 24.1 Å². The molecule has 1 heterocycles. The lowest BCUT2D eigenvalue weighted by Gasteiger charge is -2.17. The Labute approximate surface area is 127 Å². The minimum absolute atomic E-state index is 0.134. The van der Waals surface area contributed by atoms with Crippen LogP contribution in [-0.2, 0) is 0 Å². The third-order valence-corrected chi connectivity index (χ3v) is 5.08. The first-order chi connectivity index (χ1) is 9.60. The summed E-state index contributed by atoms with van der Waals surface area (Å²) in [5.74, 6) is -0.190.